The summed E-state index contributed by atoms with van der Waals surface area (Å²) in [5, 5.41) is 2.96. The number of aryl methyl sites for hydroxylation is 1. The summed E-state index contributed by atoms with van der Waals surface area (Å²) in [5.41, 5.74) is 2.88. The molecule has 182 valence electrons. The van der Waals surface area contributed by atoms with Crippen LogP contribution < -0.4 is 5.32 Å². The van der Waals surface area contributed by atoms with Gasteiger partial charge in [-0.15, -0.1) is 0 Å². The molecular formula is C26H33N3O5. The van der Waals surface area contributed by atoms with E-state index in [4.69, 9.17) is 9.15 Å². The highest BCUT2D eigenvalue weighted by molar-refractivity contribution is 5.95. The summed E-state index contributed by atoms with van der Waals surface area (Å²) in [6, 6.07) is 9.12. The van der Waals surface area contributed by atoms with Crippen molar-refractivity contribution in [2.24, 2.45) is 5.92 Å². The molecule has 1 aromatic carbocycles. The molecule has 1 aromatic heterocycles. The molecule has 2 saturated heterocycles. The fraction of sp³-hybridized carbons (Fsp3) is 0.500. The first-order valence-electron chi connectivity index (χ1n) is 12.0. The Balaban J connectivity index is 1.38. The van der Waals surface area contributed by atoms with E-state index in [1.54, 1.807) is 21.9 Å². The molecule has 3 amide bonds. The van der Waals surface area contributed by atoms with Gasteiger partial charge in [0.05, 0.1) is 18.9 Å². The molecule has 2 fully saturated rings. The van der Waals surface area contributed by atoms with Crippen molar-refractivity contribution in [2.75, 3.05) is 38.1 Å². The van der Waals surface area contributed by atoms with Crippen molar-refractivity contribution >= 4 is 23.4 Å². The van der Waals surface area contributed by atoms with Crippen molar-refractivity contribution < 1.29 is 23.5 Å². The zero-order valence-corrected chi connectivity index (χ0v) is 19.9. The second kappa shape index (κ2) is 10.9. The summed E-state index contributed by atoms with van der Waals surface area (Å²) in [6.45, 7) is 6.02. The molecule has 8 heteroatoms. The SMILES string of the molecule is Cc1cccc(NC(=O)CN(CC2CCCO2)C(=O)C2CCN(C(=O)c3ccco3)CC2)c1C. The summed E-state index contributed by atoms with van der Waals surface area (Å²) in [6.07, 6.45) is 4.42. The second-order valence-electron chi connectivity index (χ2n) is 9.19. The van der Waals surface area contributed by atoms with Gasteiger partial charge in [0, 0.05) is 37.8 Å². The van der Waals surface area contributed by atoms with Crippen LogP contribution in [0.5, 0.6) is 0 Å². The summed E-state index contributed by atoms with van der Waals surface area (Å²) in [7, 11) is 0. The lowest BCUT2D eigenvalue weighted by molar-refractivity contribution is -0.141. The van der Waals surface area contributed by atoms with Crippen molar-refractivity contribution in [1.29, 1.82) is 0 Å². The molecule has 0 saturated carbocycles. The highest BCUT2D eigenvalue weighted by atomic mass is 16.5. The van der Waals surface area contributed by atoms with Gasteiger partial charge in [0.25, 0.3) is 5.91 Å². The number of hydrogen-bond donors (Lipinski definition) is 1. The number of rotatable bonds is 7. The molecule has 1 atom stereocenters. The van der Waals surface area contributed by atoms with Gasteiger partial charge in [-0.3, -0.25) is 14.4 Å². The maximum Gasteiger partial charge on any atom is 0.289 e. The largest absolute Gasteiger partial charge is 0.459 e. The number of furan rings is 1. The number of amides is 3. The summed E-state index contributed by atoms with van der Waals surface area (Å²) >= 11 is 0. The Hall–Kier alpha value is -3.13. The van der Waals surface area contributed by atoms with Gasteiger partial charge in [0.1, 0.15) is 0 Å². The monoisotopic (exact) mass is 467 g/mol. The number of hydrogen-bond acceptors (Lipinski definition) is 5. The van der Waals surface area contributed by atoms with Crippen LogP contribution in [0.2, 0.25) is 0 Å². The molecule has 2 aromatic rings. The molecule has 1 N–H and O–H groups in total. The van der Waals surface area contributed by atoms with Crippen LogP contribution in [0.1, 0.15) is 47.4 Å². The lowest BCUT2D eigenvalue weighted by atomic mass is 9.94. The van der Waals surface area contributed by atoms with Crippen LogP contribution in [0, 0.1) is 19.8 Å². The molecule has 2 aliphatic heterocycles. The average molecular weight is 468 g/mol. The van der Waals surface area contributed by atoms with Crippen molar-refractivity contribution in [3.8, 4) is 0 Å². The predicted octanol–water partition coefficient (Wildman–Crippen LogP) is 3.39. The molecule has 0 bridgehead atoms. The molecule has 34 heavy (non-hydrogen) atoms. The Morgan fingerprint density at radius 1 is 1.09 bits per heavy atom. The molecular weight excluding hydrogens is 434 g/mol. The minimum atomic E-state index is -0.226. The van der Waals surface area contributed by atoms with Crippen molar-refractivity contribution in [1.82, 2.24) is 9.80 Å². The number of nitrogens with zero attached hydrogens (tertiary/aromatic N) is 2. The number of anilines is 1. The fourth-order valence-electron chi connectivity index (χ4n) is 4.66. The number of carbonyl (C=O) groups excluding carboxylic acids is 3. The smallest absolute Gasteiger partial charge is 0.289 e. The summed E-state index contributed by atoms with van der Waals surface area (Å²) < 4.78 is 11.0. The zero-order chi connectivity index (χ0) is 24.1. The quantitative estimate of drug-likeness (QED) is 0.674. The Bertz CT molecular complexity index is 1010. The van der Waals surface area contributed by atoms with Gasteiger partial charge in [-0.05, 0) is 68.9 Å². The van der Waals surface area contributed by atoms with Crippen molar-refractivity contribution in [3.63, 3.8) is 0 Å². The van der Waals surface area contributed by atoms with E-state index in [9.17, 15) is 14.4 Å². The van der Waals surface area contributed by atoms with E-state index in [-0.39, 0.29) is 36.3 Å². The topological polar surface area (TPSA) is 92.1 Å². The third-order valence-electron chi connectivity index (χ3n) is 6.84. The van der Waals surface area contributed by atoms with Crippen LogP contribution >= 0.6 is 0 Å². The summed E-state index contributed by atoms with van der Waals surface area (Å²) in [5.74, 6) is -0.328. The van der Waals surface area contributed by atoms with Gasteiger partial charge in [-0.2, -0.15) is 0 Å². The van der Waals surface area contributed by atoms with Crippen LogP contribution in [-0.4, -0.2) is 66.4 Å². The molecule has 1 unspecified atom stereocenters. The second-order valence-corrected chi connectivity index (χ2v) is 9.19. The molecule has 2 aliphatic rings. The molecule has 3 heterocycles. The number of likely N-dealkylation sites (tertiary alicyclic amines) is 1. The van der Waals surface area contributed by atoms with E-state index in [1.165, 1.54) is 6.26 Å². The number of ether oxygens (including phenoxy) is 1. The standard InChI is InChI=1S/C26H33N3O5/c1-18-6-3-8-22(19(18)2)27-24(30)17-29(16-21-7-4-14-33-21)25(31)20-10-12-28(13-11-20)26(32)23-9-5-15-34-23/h3,5-6,8-9,15,20-21H,4,7,10-14,16-17H2,1-2H3,(H,27,30). The molecule has 0 spiro atoms. The third kappa shape index (κ3) is 5.67. The van der Waals surface area contributed by atoms with Crippen LogP contribution in [0.25, 0.3) is 0 Å². The first-order chi connectivity index (χ1) is 16.4. The highest BCUT2D eigenvalue weighted by Gasteiger charge is 2.33. The van der Waals surface area contributed by atoms with Gasteiger partial charge >= 0.3 is 0 Å². The number of piperidine rings is 1. The van der Waals surface area contributed by atoms with E-state index >= 15 is 0 Å². The molecule has 0 radical (unpaired) electrons. The lowest BCUT2D eigenvalue weighted by Gasteiger charge is -2.34. The van der Waals surface area contributed by atoms with Gasteiger partial charge in [-0.1, -0.05) is 12.1 Å². The van der Waals surface area contributed by atoms with Crippen LogP contribution in [-0.2, 0) is 14.3 Å². The first-order valence-corrected chi connectivity index (χ1v) is 12.0. The van der Waals surface area contributed by atoms with Crippen LogP contribution in [0.4, 0.5) is 5.69 Å². The van der Waals surface area contributed by atoms with Crippen molar-refractivity contribution in [3.05, 3.63) is 53.5 Å². The average Bonchev–Trinajstić information content (AvgIpc) is 3.55. The van der Waals surface area contributed by atoms with E-state index in [0.717, 1.165) is 29.7 Å². The molecule has 4 rings (SSSR count). The zero-order valence-electron chi connectivity index (χ0n) is 19.9. The van der Waals surface area contributed by atoms with Crippen molar-refractivity contribution in [2.45, 2.75) is 45.6 Å². The van der Waals surface area contributed by atoms with Gasteiger partial charge in [0.15, 0.2) is 5.76 Å². The Morgan fingerprint density at radius 2 is 1.88 bits per heavy atom. The normalized spacial score (nSPS) is 18.6. The van der Waals surface area contributed by atoms with E-state index in [0.29, 0.717) is 44.8 Å². The van der Waals surface area contributed by atoms with Gasteiger partial charge in [0.2, 0.25) is 11.8 Å². The Kier molecular flexibility index (Phi) is 7.67. The number of benzene rings is 1. The Morgan fingerprint density at radius 3 is 2.56 bits per heavy atom. The maximum absolute atomic E-state index is 13.5. The van der Waals surface area contributed by atoms with E-state index in [1.807, 2.05) is 32.0 Å². The van der Waals surface area contributed by atoms with Crippen LogP contribution in [0.15, 0.2) is 41.0 Å². The lowest BCUT2D eigenvalue weighted by Crippen LogP contribution is -2.48. The predicted molar refractivity (Wildman–Crippen MR) is 127 cm³/mol. The van der Waals surface area contributed by atoms with E-state index in [2.05, 4.69) is 5.32 Å². The number of nitrogens with one attached hydrogen (secondary N) is 1. The first kappa shape index (κ1) is 24.0. The summed E-state index contributed by atoms with van der Waals surface area (Å²) in [4.78, 5) is 42.3. The highest BCUT2D eigenvalue weighted by Crippen LogP contribution is 2.23. The third-order valence-corrected chi connectivity index (χ3v) is 6.84. The number of carbonyl (C=O) groups is 3. The van der Waals surface area contributed by atoms with Crippen LogP contribution in [0.3, 0.4) is 0 Å². The Labute approximate surface area is 200 Å². The van der Waals surface area contributed by atoms with E-state index < -0.39 is 0 Å². The van der Waals surface area contributed by atoms with Gasteiger partial charge < -0.3 is 24.3 Å². The van der Waals surface area contributed by atoms with Gasteiger partial charge in [-0.25, -0.2) is 0 Å². The maximum atomic E-state index is 13.5. The minimum Gasteiger partial charge on any atom is -0.459 e. The minimum absolute atomic E-state index is 0.0163. The molecule has 8 nitrogen and oxygen atoms in total. The fourth-order valence-corrected chi connectivity index (χ4v) is 4.66. The molecule has 0 aliphatic carbocycles.